The van der Waals surface area contributed by atoms with Crippen LogP contribution in [0.3, 0.4) is 0 Å². The molecule has 0 unspecified atom stereocenters. The van der Waals surface area contributed by atoms with E-state index in [0.29, 0.717) is 18.5 Å². The van der Waals surface area contributed by atoms with Crippen LogP contribution in [0.2, 0.25) is 0 Å². The summed E-state index contributed by atoms with van der Waals surface area (Å²) in [5, 5.41) is 0. The lowest BCUT2D eigenvalue weighted by Gasteiger charge is -2.09. The zero-order chi connectivity index (χ0) is 11.3. The fraction of sp³-hybridized carbons (Fsp3) is 0.300. The minimum absolute atomic E-state index is 0.0667. The van der Waals surface area contributed by atoms with Gasteiger partial charge in [-0.1, -0.05) is 18.2 Å². The Morgan fingerprint density at radius 2 is 1.87 bits per heavy atom. The van der Waals surface area contributed by atoms with Crippen molar-refractivity contribution >= 4 is 13.2 Å². The molecule has 0 aliphatic rings. The van der Waals surface area contributed by atoms with E-state index >= 15 is 0 Å². The van der Waals surface area contributed by atoms with Crippen molar-refractivity contribution in [1.29, 1.82) is 0 Å². The second-order valence-corrected chi connectivity index (χ2v) is 5.58. The molecule has 4 N–H and O–H groups in total. The quantitative estimate of drug-likeness (QED) is 0.657. The molecule has 1 aromatic rings. The monoisotopic (exact) mass is 228 g/mol. The van der Waals surface area contributed by atoms with Gasteiger partial charge in [-0.3, -0.25) is 0 Å². The third kappa shape index (κ3) is 3.36. The first-order valence-corrected chi connectivity index (χ1v) is 6.59. The van der Waals surface area contributed by atoms with E-state index < -0.39 is 13.2 Å². The highest BCUT2D eigenvalue weighted by atomic mass is 31.2. The highest BCUT2D eigenvalue weighted by Crippen LogP contribution is 2.53. The van der Waals surface area contributed by atoms with Crippen molar-refractivity contribution in [2.45, 2.75) is 6.42 Å². The van der Waals surface area contributed by atoms with E-state index in [9.17, 15) is 14.6 Å². The molecular weight excluding hydrogens is 213 g/mol. The Labute approximate surface area is 89.2 Å². The van der Waals surface area contributed by atoms with Gasteiger partial charge < -0.3 is 5.73 Å². The SMILES string of the molecule is NCCC[P+](O)(O)C(=O)c1ccccc1. The van der Waals surface area contributed by atoms with Crippen molar-refractivity contribution in [1.82, 2.24) is 0 Å². The lowest BCUT2D eigenvalue weighted by atomic mass is 10.2. The number of hydrogen-bond donors (Lipinski definition) is 3. The Bertz CT molecular complexity index is 327. The van der Waals surface area contributed by atoms with E-state index in [-0.39, 0.29) is 6.16 Å². The van der Waals surface area contributed by atoms with E-state index in [2.05, 4.69) is 0 Å². The van der Waals surface area contributed by atoms with Crippen LogP contribution in [0.4, 0.5) is 0 Å². The summed E-state index contributed by atoms with van der Waals surface area (Å²) in [5.74, 6) is 0. The third-order valence-electron chi connectivity index (χ3n) is 2.02. The molecule has 0 atom stereocenters. The van der Waals surface area contributed by atoms with Crippen molar-refractivity contribution in [3.05, 3.63) is 35.9 Å². The number of carbonyl (C=O) groups is 1. The Hall–Kier alpha value is -0.800. The van der Waals surface area contributed by atoms with Crippen LogP contribution >= 0.6 is 7.72 Å². The van der Waals surface area contributed by atoms with Crippen LogP contribution in [0.25, 0.3) is 0 Å². The molecule has 0 saturated carbocycles. The van der Waals surface area contributed by atoms with Gasteiger partial charge in [-0.15, -0.1) is 0 Å². The molecule has 0 amide bonds. The summed E-state index contributed by atoms with van der Waals surface area (Å²) in [7, 11) is -3.49. The fourth-order valence-corrected chi connectivity index (χ4v) is 2.59. The molecule has 0 aliphatic heterocycles. The summed E-state index contributed by atoms with van der Waals surface area (Å²) in [4.78, 5) is 30.9. The zero-order valence-corrected chi connectivity index (χ0v) is 9.23. The normalized spacial score (nSPS) is 11.4. The molecule has 15 heavy (non-hydrogen) atoms. The first kappa shape index (κ1) is 12.3. The lowest BCUT2D eigenvalue weighted by Crippen LogP contribution is -2.12. The topological polar surface area (TPSA) is 83.6 Å². The number of rotatable bonds is 5. The van der Waals surface area contributed by atoms with Crippen LogP contribution in [0.5, 0.6) is 0 Å². The van der Waals surface area contributed by atoms with E-state index in [1.165, 1.54) is 0 Å². The number of benzene rings is 1. The minimum Gasteiger partial charge on any atom is -0.330 e. The Morgan fingerprint density at radius 1 is 1.27 bits per heavy atom. The summed E-state index contributed by atoms with van der Waals surface area (Å²) in [6, 6.07) is 8.30. The molecule has 82 valence electrons. The van der Waals surface area contributed by atoms with E-state index in [1.54, 1.807) is 30.3 Å². The standard InChI is InChI=1S/C10H15NO3P/c11-7-4-8-15(13,14)10(12)9-5-2-1-3-6-9/h1-3,5-6,13-14H,4,7-8,11H2/q+1. The van der Waals surface area contributed by atoms with Gasteiger partial charge in [0.15, 0.2) is 0 Å². The van der Waals surface area contributed by atoms with Crippen molar-refractivity contribution in [2.75, 3.05) is 12.7 Å². The average Bonchev–Trinajstić information content (AvgIpc) is 2.26. The van der Waals surface area contributed by atoms with Crippen molar-refractivity contribution in [3.8, 4) is 0 Å². The first-order chi connectivity index (χ1) is 7.08. The molecular formula is C10H15NO3P+. The maximum Gasteiger partial charge on any atom is 0.356 e. The molecule has 4 nitrogen and oxygen atoms in total. The lowest BCUT2D eigenvalue weighted by molar-refractivity contribution is 0.105. The maximum absolute atomic E-state index is 11.7. The summed E-state index contributed by atoms with van der Waals surface area (Å²) in [6.07, 6.45) is 0.510. The van der Waals surface area contributed by atoms with Crippen molar-refractivity contribution in [2.24, 2.45) is 5.73 Å². The minimum atomic E-state index is -3.49. The van der Waals surface area contributed by atoms with Crippen LogP contribution in [-0.4, -0.2) is 28.0 Å². The number of nitrogens with two attached hydrogens (primary N) is 1. The molecule has 0 bridgehead atoms. The Kier molecular flexibility index (Phi) is 4.36. The highest BCUT2D eigenvalue weighted by molar-refractivity contribution is 7.81. The Morgan fingerprint density at radius 3 is 2.40 bits per heavy atom. The number of hydrogen-bond acceptors (Lipinski definition) is 4. The zero-order valence-electron chi connectivity index (χ0n) is 8.34. The largest absolute Gasteiger partial charge is 0.356 e. The van der Waals surface area contributed by atoms with E-state index in [0.717, 1.165) is 0 Å². The second kappa shape index (κ2) is 5.33. The second-order valence-electron chi connectivity index (χ2n) is 3.27. The average molecular weight is 228 g/mol. The third-order valence-corrected chi connectivity index (χ3v) is 3.87. The Balaban J connectivity index is 2.75. The van der Waals surface area contributed by atoms with E-state index in [1.807, 2.05) is 0 Å². The van der Waals surface area contributed by atoms with Gasteiger partial charge in [0.2, 0.25) is 0 Å². The van der Waals surface area contributed by atoms with Gasteiger partial charge in [-0.05, 0) is 25.1 Å². The fourth-order valence-electron chi connectivity index (χ4n) is 1.20. The molecule has 0 fully saturated rings. The molecule has 5 heteroatoms. The van der Waals surface area contributed by atoms with Crippen molar-refractivity contribution < 1.29 is 14.6 Å². The van der Waals surface area contributed by atoms with Gasteiger partial charge in [0.1, 0.15) is 6.16 Å². The van der Waals surface area contributed by atoms with Gasteiger partial charge in [-0.2, -0.15) is 0 Å². The van der Waals surface area contributed by atoms with Crippen molar-refractivity contribution in [3.63, 3.8) is 0 Å². The van der Waals surface area contributed by atoms with Gasteiger partial charge in [0, 0.05) is 0 Å². The maximum atomic E-state index is 11.7. The summed E-state index contributed by atoms with van der Waals surface area (Å²) < 4.78 is 0. The van der Waals surface area contributed by atoms with Gasteiger partial charge >= 0.3 is 13.2 Å². The van der Waals surface area contributed by atoms with Gasteiger partial charge in [0.25, 0.3) is 0 Å². The van der Waals surface area contributed by atoms with Crippen LogP contribution in [0.15, 0.2) is 30.3 Å². The predicted molar refractivity (Wildman–Crippen MR) is 60.7 cm³/mol. The smallest absolute Gasteiger partial charge is 0.330 e. The molecule has 0 aliphatic carbocycles. The molecule has 0 saturated heterocycles. The van der Waals surface area contributed by atoms with Crippen LogP contribution < -0.4 is 5.73 Å². The molecule has 0 heterocycles. The van der Waals surface area contributed by atoms with Gasteiger partial charge in [0.05, 0.1) is 5.56 Å². The molecule has 0 aromatic heterocycles. The molecule has 0 radical (unpaired) electrons. The summed E-state index contributed by atoms with van der Waals surface area (Å²) in [6.45, 7) is 0.352. The number of carbonyl (C=O) groups excluding carboxylic acids is 1. The van der Waals surface area contributed by atoms with E-state index in [4.69, 9.17) is 5.73 Å². The van der Waals surface area contributed by atoms with Crippen LogP contribution in [0.1, 0.15) is 16.8 Å². The first-order valence-electron chi connectivity index (χ1n) is 4.71. The molecule has 1 rings (SSSR count). The predicted octanol–water partition coefficient (Wildman–Crippen LogP) is 1.01. The van der Waals surface area contributed by atoms with Crippen LogP contribution in [-0.2, 0) is 0 Å². The molecule has 1 aromatic carbocycles. The molecule has 0 spiro atoms. The van der Waals surface area contributed by atoms with Crippen LogP contribution in [0, 0.1) is 0 Å². The summed E-state index contributed by atoms with van der Waals surface area (Å²) in [5.41, 5.74) is 5.03. The highest BCUT2D eigenvalue weighted by Gasteiger charge is 2.43. The summed E-state index contributed by atoms with van der Waals surface area (Å²) >= 11 is 0. The van der Waals surface area contributed by atoms with Gasteiger partial charge in [-0.25, -0.2) is 14.6 Å².